The molecule has 1 N–H and O–H groups in total. The van der Waals surface area contributed by atoms with E-state index in [1.807, 2.05) is 13.0 Å². The van der Waals surface area contributed by atoms with E-state index in [0.29, 0.717) is 29.1 Å². The highest BCUT2D eigenvalue weighted by Gasteiger charge is 2.21. The number of aryl methyl sites for hydroxylation is 1. The quantitative estimate of drug-likeness (QED) is 0.306. The van der Waals surface area contributed by atoms with Crippen LogP contribution in [0.15, 0.2) is 48.9 Å². The normalized spacial score (nSPS) is 11.2. The van der Waals surface area contributed by atoms with Crippen molar-refractivity contribution >= 4 is 23.4 Å². The van der Waals surface area contributed by atoms with Gasteiger partial charge in [0.15, 0.2) is 23.0 Å². The summed E-state index contributed by atoms with van der Waals surface area (Å²) in [5.41, 5.74) is 2.44. The summed E-state index contributed by atoms with van der Waals surface area (Å²) in [6.07, 6.45) is 5.72. The molecule has 0 radical (unpaired) electrons. The van der Waals surface area contributed by atoms with Crippen molar-refractivity contribution in [3.05, 3.63) is 71.7 Å². The van der Waals surface area contributed by atoms with Gasteiger partial charge in [0.25, 0.3) is 0 Å². The summed E-state index contributed by atoms with van der Waals surface area (Å²) in [6, 6.07) is 7.29. The van der Waals surface area contributed by atoms with Crippen LogP contribution in [0.1, 0.15) is 22.8 Å². The van der Waals surface area contributed by atoms with Gasteiger partial charge >= 0.3 is 6.61 Å². The Kier molecular flexibility index (Phi) is 5.76. The van der Waals surface area contributed by atoms with Gasteiger partial charge in [-0.2, -0.15) is 13.2 Å². The molecule has 0 saturated carbocycles. The first kappa shape index (κ1) is 21.3. The number of imidazole rings is 1. The maximum atomic E-state index is 14.6. The van der Waals surface area contributed by atoms with E-state index in [-0.39, 0.29) is 11.3 Å². The second-order valence-electron chi connectivity index (χ2n) is 6.74. The van der Waals surface area contributed by atoms with E-state index in [2.05, 4.69) is 20.0 Å². The minimum Gasteiger partial charge on any atom is -0.432 e. The highest BCUT2D eigenvalue weighted by atomic mass is 19.3. The Bertz CT molecular complexity index is 1310. The monoisotopic (exact) mass is 444 g/mol. The van der Waals surface area contributed by atoms with Gasteiger partial charge in [0.05, 0.1) is 11.9 Å². The Labute approximate surface area is 179 Å². The lowest BCUT2D eigenvalue weighted by atomic mass is 10.1. The fourth-order valence-electron chi connectivity index (χ4n) is 3.36. The Morgan fingerprint density at radius 3 is 2.69 bits per heavy atom. The molecule has 0 aliphatic carbocycles. The topological polar surface area (TPSA) is 68.5 Å². The van der Waals surface area contributed by atoms with Gasteiger partial charge in [-0.25, -0.2) is 14.4 Å². The van der Waals surface area contributed by atoms with Gasteiger partial charge < -0.3 is 10.1 Å². The first-order chi connectivity index (χ1) is 15.4. The summed E-state index contributed by atoms with van der Waals surface area (Å²) in [5.74, 6) is -3.40. The zero-order valence-electron chi connectivity index (χ0n) is 16.7. The third-order valence-corrected chi connectivity index (χ3v) is 4.88. The first-order valence-corrected chi connectivity index (χ1v) is 9.53. The zero-order valence-corrected chi connectivity index (χ0v) is 16.7. The van der Waals surface area contributed by atoms with Gasteiger partial charge in [-0.3, -0.25) is 9.20 Å². The molecule has 0 fully saturated rings. The van der Waals surface area contributed by atoms with Crippen molar-refractivity contribution in [2.75, 3.05) is 5.32 Å². The molecule has 6 nitrogen and oxygen atoms in total. The summed E-state index contributed by atoms with van der Waals surface area (Å²) in [5, 5.41) is 3.11. The largest absolute Gasteiger partial charge is 0.432 e. The molecule has 2 aromatic carbocycles. The predicted octanol–water partition coefficient (Wildman–Crippen LogP) is 5.39. The number of alkyl halides is 2. The molecule has 4 rings (SSSR count). The predicted molar refractivity (Wildman–Crippen MR) is 109 cm³/mol. The molecule has 4 aromatic rings. The van der Waals surface area contributed by atoms with Crippen LogP contribution in [0, 0.1) is 11.6 Å². The molecule has 0 atom stereocenters. The highest BCUT2D eigenvalue weighted by molar-refractivity contribution is 5.80. The van der Waals surface area contributed by atoms with E-state index >= 15 is 0 Å². The third kappa shape index (κ3) is 3.86. The second kappa shape index (κ2) is 8.66. The fraction of sp³-hybridized carbons (Fsp3) is 0.136. The number of halogens is 4. The van der Waals surface area contributed by atoms with Crippen molar-refractivity contribution in [1.82, 2.24) is 14.4 Å². The lowest BCUT2D eigenvalue weighted by molar-refractivity contribution is -0.0525. The molecule has 0 unspecified atom stereocenters. The lowest BCUT2D eigenvalue weighted by Gasteiger charge is -2.11. The summed E-state index contributed by atoms with van der Waals surface area (Å²) in [7, 11) is 0. The second-order valence-corrected chi connectivity index (χ2v) is 6.74. The minimum atomic E-state index is -3.28. The zero-order chi connectivity index (χ0) is 22.8. The number of aldehydes is 1. The Balaban J connectivity index is 1.73. The number of fused-ring (bicyclic) bond motifs is 1. The SMILES string of the molecule is CCc1cc(Nc2nccn3c(-c4ccc(OC(F)F)c(F)c4F)cnc23)ccc1C=O. The van der Waals surface area contributed by atoms with E-state index in [9.17, 15) is 22.4 Å². The third-order valence-electron chi connectivity index (χ3n) is 4.88. The number of nitrogens with one attached hydrogen (secondary N) is 1. The van der Waals surface area contributed by atoms with Crippen LogP contribution in [0.25, 0.3) is 16.9 Å². The van der Waals surface area contributed by atoms with E-state index in [1.54, 1.807) is 12.1 Å². The van der Waals surface area contributed by atoms with Gasteiger partial charge in [0.1, 0.15) is 6.29 Å². The molecule has 2 aromatic heterocycles. The molecule has 164 valence electrons. The van der Waals surface area contributed by atoms with Gasteiger partial charge in [-0.15, -0.1) is 0 Å². The van der Waals surface area contributed by atoms with Crippen LogP contribution >= 0.6 is 0 Å². The number of aromatic nitrogens is 3. The summed E-state index contributed by atoms with van der Waals surface area (Å²) in [4.78, 5) is 19.7. The Hall–Kier alpha value is -3.95. The van der Waals surface area contributed by atoms with Crippen LogP contribution in [0.2, 0.25) is 0 Å². The van der Waals surface area contributed by atoms with Gasteiger partial charge in [-0.05, 0) is 42.3 Å². The molecular weight excluding hydrogens is 428 g/mol. The molecule has 32 heavy (non-hydrogen) atoms. The van der Waals surface area contributed by atoms with Crippen LogP contribution in [-0.4, -0.2) is 27.3 Å². The molecule has 10 heteroatoms. The van der Waals surface area contributed by atoms with E-state index in [0.717, 1.165) is 24.0 Å². The van der Waals surface area contributed by atoms with E-state index < -0.39 is 24.0 Å². The number of ether oxygens (including phenoxy) is 1. The average Bonchev–Trinajstić information content (AvgIpc) is 3.21. The molecule has 0 bridgehead atoms. The average molecular weight is 444 g/mol. The number of hydrogen-bond acceptors (Lipinski definition) is 5. The lowest BCUT2D eigenvalue weighted by Crippen LogP contribution is -2.05. The number of rotatable bonds is 7. The molecular formula is C22H16F4N4O2. The molecule has 0 amide bonds. The van der Waals surface area contributed by atoms with Crippen LogP contribution in [0.3, 0.4) is 0 Å². The van der Waals surface area contributed by atoms with Crippen molar-refractivity contribution < 1.29 is 27.1 Å². The first-order valence-electron chi connectivity index (χ1n) is 9.53. The summed E-state index contributed by atoms with van der Waals surface area (Å²) < 4.78 is 59.0. The number of hydrogen-bond donors (Lipinski definition) is 1. The molecule has 2 heterocycles. The Morgan fingerprint density at radius 2 is 1.97 bits per heavy atom. The van der Waals surface area contributed by atoms with Gasteiger partial charge in [-0.1, -0.05) is 6.92 Å². The van der Waals surface area contributed by atoms with Crippen molar-refractivity contribution in [1.29, 1.82) is 0 Å². The molecule has 0 spiro atoms. The number of anilines is 2. The van der Waals surface area contributed by atoms with E-state index in [4.69, 9.17) is 0 Å². The van der Waals surface area contributed by atoms with E-state index in [1.165, 1.54) is 23.0 Å². The minimum absolute atomic E-state index is 0.183. The number of carbonyl (C=O) groups is 1. The highest BCUT2D eigenvalue weighted by Crippen LogP contribution is 2.32. The van der Waals surface area contributed by atoms with Crippen LogP contribution in [0.4, 0.5) is 29.1 Å². The fourth-order valence-corrected chi connectivity index (χ4v) is 3.36. The van der Waals surface area contributed by atoms with Crippen molar-refractivity contribution in [2.24, 2.45) is 0 Å². The van der Waals surface area contributed by atoms with Gasteiger partial charge in [0.2, 0.25) is 5.82 Å². The summed E-state index contributed by atoms with van der Waals surface area (Å²) in [6.45, 7) is -1.35. The molecule has 0 saturated heterocycles. The van der Waals surface area contributed by atoms with Crippen molar-refractivity contribution in [2.45, 2.75) is 20.0 Å². The maximum absolute atomic E-state index is 14.6. The van der Waals surface area contributed by atoms with Crippen LogP contribution in [0.5, 0.6) is 5.75 Å². The standard InChI is InChI=1S/C22H16F4N4O2/c1-2-12-9-14(4-3-13(12)11-31)29-20-21-28-10-16(30(21)8-7-27-20)15-5-6-17(32-22(25)26)19(24)18(15)23/h3-11,22H,2H2,1H3,(H,27,29). The molecule has 0 aliphatic heterocycles. The van der Waals surface area contributed by atoms with Gasteiger partial charge in [0, 0.05) is 29.2 Å². The smallest absolute Gasteiger partial charge is 0.387 e. The maximum Gasteiger partial charge on any atom is 0.387 e. The summed E-state index contributed by atoms with van der Waals surface area (Å²) >= 11 is 0. The molecule has 0 aliphatic rings. The van der Waals surface area contributed by atoms with Crippen molar-refractivity contribution in [3.8, 4) is 17.0 Å². The number of nitrogens with zero attached hydrogens (tertiary/aromatic N) is 3. The van der Waals surface area contributed by atoms with Crippen molar-refractivity contribution in [3.63, 3.8) is 0 Å². The number of carbonyl (C=O) groups excluding carboxylic acids is 1. The van der Waals surface area contributed by atoms with Crippen LogP contribution < -0.4 is 10.1 Å². The van der Waals surface area contributed by atoms with Crippen LogP contribution in [-0.2, 0) is 6.42 Å². The number of benzene rings is 2. The Morgan fingerprint density at radius 1 is 1.16 bits per heavy atom.